The first-order chi connectivity index (χ1) is 6.38. The Bertz CT molecular complexity index is 428. The van der Waals surface area contributed by atoms with Gasteiger partial charge in [-0.05, 0) is 30.2 Å². The van der Waals surface area contributed by atoms with Gasteiger partial charge in [-0.1, -0.05) is 17.7 Å². The summed E-state index contributed by atoms with van der Waals surface area (Å²) < 4.78 is 24.1. The summed E-state index contributed by atoms with van der Waals surface area (Å²) in [5.41, 5.74) is 1.91. The second-order valence-electron chi connectivity index (χ2n) is 3.16. The molecule has 0 unspecified atom stereocenters. The molecule has 0 heterocycles. The molecule has 0 radical (unpaired) electrons. The summed E-state index contributed by atoms with van der Waals surface area (Å²) in [4.78, 5) is 0. The summed E-state index contributed by atoms with van der Waals surface area (Å²) >= 11 is 5.77. The summed E-state index contributed by atoms with van der Waals surface area (Å²) in [5, 5.41) is 0.658. The lowest BCUT2D eigenvalue weighted by Crippen LogP contribution is -2.21. The van der Waals surface area contributed by atoms with Crippen molar-refractivity contribution < 1.29 is 8.42 Å². The lowest BCUT2D eigenvalue weighted by atomic mass is 10.1. The third kappa shape index (κ3) is 3.65. The standard InChI is InChI=1S/C9H12ClNO2S/c1-7-5-9(10)4-3-8(7)6-11-14(2,12)13/h3-5,11H,6H2,1-2H3. The van der Waals surface area contributed by atoms with Crippen molar-refractivity contribution in [2.75, 3.05) is 6.26 Å². The monoisotopic (exact) mass is 233 g/mol. The van der Waals surface area contributed by atoms with E-state index in [2.05, 4.69) is 4.72 Å². The van der Waals surface area contributed by atoms with Crippen molar-refractivity contribution in [3.63, 3.8) is 0 Å². The molecule has 0 aliphatic rings. The molecule has 0 spiro atoms. The first-order valence-corrected chi connectivity index (χ1v) is 6.35. The maximum absolute atomic E-state index is 10.8. The van der Waals surface area contributed by atoms with Crippen molar-refractivity contribution in [2.45, 2.75) is 13.5 Å². The third-order valence-corrected chi connectivity index (χ3v) is 2.73. The van der Waals surface area contributed by atoms with Gasteiger partial charge in [-0.15, -0.1) is 0 Å². The fraction of sp³-hybridized carbons (Fsp3) is 0.333. The molecule has 78 valence electrons. The fourth-order valence-corrected chi connectivity index (χ4v) is 1.71. The van der Waals surface area contributed by atoms with Crippen LogP contribution in [0.5, 0.6) is 0 Å². The van der Waals surface area contributed by atoms with Gasteiger partial charge in [0.2, 0.25) is 10.0 Å². The zero-order valence-electron chi connectivity index (χ0n) is 8.04. The van der Waals surface area contributed by atoms with E-state index in [-0.39, 0.29) is 0 Å². The smallest absolute Gasteiger partial charge is 0.209 e. The van der Waals surface area contributed by atoms with Gasteiger partial charge >= 0.3 is 0 Å². The molecule has 5 heteroatoms. The minimum atomic E-state index is -3.13. The molecule has 0 aliphatic carbocycles. The molecule has 0 bridgehead atoms. The first-order valence-electron chi connectivity index (χ1n) is 4.08. The highest BCUT2D eigenvalue weighted by Crippen LogP contribution is 2.14. The number of sulfonamides is 1. The first kappa shape index (κ1) is 11.5. The van der Waals surface area contributed by atoms with Gasteiger partial charge in [0, 0.05) is 11.6 Å². The average molecular weight is 234 g/mol. The molecule has 0 aromatic heterocycles. The molecule has 3 nitrogen and oxygen atoms in total. The Balaban J connectivity index is 2.78. The summed E-state index contributed by atoms with van der Waals surface area (Å²) in [7, 11) is -3.13. The second kappa shape index (κ2) is 4.29. The van der Waals surface area contributed by atoms with E-state index < -0.39 is 10.0 Å². The fourth-order valence-electron chi connectivity index (χ4n) is 1.07. The van der Waals surface area contributed by atoms with Crippen LogP contribution in [0.2, 0.25) is 5.02 Å². The van der Waals surface area contributed by atoms with Crippen LogP contribution in [0.4, 0.5) is 0 Å². The van der Waals surface area contributed by atoms with Crippen LogP contribution in [0.3, 0.4) is 0 Å². The predicted molar refractivity (Wildman–Crippen MR) is 57.9 cm³/mol. The molecule has 0 amide bonds. The minimum absolute atomic E-state index is 0.307. The highest BCUT2D eigenvalue weighted by atomic mass is 35.5. The van der Waals surface area contributed by atoms with Crippen molar-refractivity contribution >= 4 is 21.6 Å². The topological polar surface area (TPSA) is 46.2 Å². The van der Waals surface area contributed by atoms with E-state index in [1.54, 1.807) is 12.1 Å². The van der Waals surface area contributed by atoms with E-state index in [0.717, 1.165) is 17.4 Å². The number of aryl methyl sites for hydroxylation is 1. The van der Waals surface area contributed by atoms with Crippen LogP contribution in [0, 0.1) is 6.92 Å². The number of hydrogen-bond acceptors (Lipinski definition) is 2. The number of nitrogens with one attached hydrogen (secondary N) is 1. The van der Waals surface area contributed by atoms with Crippen LogP contribution in [0.1, 0.15) is 11.1 Å². The molecular formula is C9H12ClNO2S. The van der Waals surface area contributed by atoms with Crippen LogP contribution in [-0.2, 0) is 16.6 Å². The van der Waals surface area contributed by atoms with Crippen molar-refractivity contribution in [2.24, 2.45) is 0 Å². The lowest BCUT2D eigenvalue weighted by molar-refractivity contribution is 0.587. The van der Waals surface area contributed by atoms with Gasteiger partial charge in [0.1, 0.15) is 0 Å². The van der Waals surface area contributed by atoms with Crippen molar-refractivity contribution in [1.29, 1.82) is 0 Å². The Morgan fingerprint density at radius 3 is 2.57 bits per heavy atom. The number of benzene rings is 1. The molecule has 1 rings (SSSR count). The van der Waals surface area contributed by atoms with E-state index in [1.807, 2.05) is 13.0 Å². The maximum atomic E-state index is 10.8. The van der Waals surface area contributed by atoms with E-state index in [0.29, 0.717) is 11.6 Å². The Morgan fingerprint density at radius 2 is 2.07 bits per heavy atom. The van der Waals surface area contributed by atoms with Crippen LogP contribution in [0.25, 0.3) is 0 Å². The van der Waals surface area contributed by atoms with Crippen molar-refractivity contribution in [1.82, 2.24) is 4.72 Å². The summed E-state index contributed by atoms with van der Waals surface area (Å²) in [5.74, 6) is 0. The molecule has 0 saturated carbocycles. The van der Waals surface area contributed by atoms with Gasteiger partial charge < -0.3 is 0 Å². The number of hydrogen-bond donors (Lipinski definition) is 1. The Kier molecular flexibility index (Phi) is 3.53. The molecule has 1 aromatic carbocycles. The van der Waals surface area contributed by atoms with Gasteiger partial charge in [0.05, 0.1) is 6.26 Å². The highest BCUT2D eigenvalue weighted by Gasteiger charge is 2.03. The van der Waals surface area contributed by atoms with E-state index in [9.17, 15) is 8.42 Å². The molecule has 0 saturated heterocycles. The molecular weight excluding hydrogens is 222 g/mol. The van der Waals surface area contributed by atoms with Gasteiger partial charge in [-0.3, -0.25) is 0 Å². The normalized spacial score (nSPS) is 11.6. The van der Waals surface area contributed by atoms with Gasteiger partial charge in [-0.2, -0.15) is 0 Å². The lowest BCUT2D eigenvalue weighted by Gasteiger charge is -2.06. The Hall–Kier alpha value is -0.580. The van der Waals surface area contributed by atoms with Crippen LogP contribution < -0.4 is 4.72 Å². The second-order valence-corrected chi connectivity index (χ2v) is 5.43. The third-order valence-electron chi connectivity index (χ3n) is 1.83. The summed E-state index contributed by atoms with van der Waals surface area (Å²) in [6, 6.07) is 5.37. The van der Waals surface area contributed by atoms with Crippen LogP contribution in [-0.4, -0.2) is 14.7 Å². The largest absolute Gasteiger partial charge is 0.213 e. The van der Waals surface area contributed by atoms with Crippen molar-refractivity contribution in [3.05, 3.63) is 34.3 Å². The summed E-state index contributed by atoms with van der Waals surface area (Å²) in [6.07, 6.45) is 1.14. The van der Waals surface area contributed by atoms with Gasteiger partial charge in [0.25, 0.3) is 0 Å². The maximum Gasteiger partial charge on any atom is 0.209 e. The van der Waals surface area contributed by atoms with Crippen molar-refractivity contribution in [3.8, 4) is 0 Å². The average Bonchev–Trinajstić information content (AvgIpc) is 2.00. The van der Waals surface area contributed by atoms with Gasteiger partial charge in [0.15, 0.2) is 0 Å². The van der Waals surface area contributed by atoms with E-state index in [4.69, 9.17) is 11.6 Å². The Morgan fingerprint density at radius 1 is 1.43 bits per heavy atom. The van der Waals surface area contributed by atoms with Crippen LogP contribution >= 0.6 is 11.6 Å². The molecule has 0 aliphatic heterocycles. The van der Waals surface area contributed by atoms with E-state index in [1.165, 1.54) is 0 Å². The zero-order chi connectivity index (χ0) is 10.8. The van der Waals surface area contributed by atoms with E-state index >= 15 is 0 Å². The number of rotatable bonds is 3. The highest BCUT2D eigenvalue weighted by molar-refractivity contribution is 7.88. The Labute approximate surface area is 89.1 Å². The predicted octanol–water partition coefficient (Wildman–Crippen LogP) is 1.70. The molecule has 1 N–H and O–H groups in total. The quantitative estimate of drug-likeness (QED) is 0.864. The molecule has 0 atom stereocenters. The molecule has 14 heavy (non-hydrogen) atoms. The summed E-state index contributed by atoms with van der Waals surface area (Å²) in [6.45, 7) is 2.20. The molecule has 0 fully saturated rings. The number of halogens is 1. The minimum Gasteiger partial charge on any atom is -0.213 e. The SMILES string of the molecule is Cc1cc(Cl)ccc1CNS(C)(=O)=O. The van der Waals surface area contributed by atoms with Crippen LogP contribution in [0.15, 0.2) is 18.2 Å². The molecule has 1 aromatic rings. The van der Waals surface area contributed by atoms with Gasteiger partial charge in [-0.25, -0.2) is 13.1 Å². The zero-order valence-corrected chi connectivity index (χ0v) is 9.61.